The van der Waals surface area contributed by atoms with Gasteiger partial charge in [0, 0.05) is 31.0 Å². The lowest BCUT2D eigenvalue weighted by molar-refractivity contribution is -0.120. The van der Waals surface area contributed by atoms with Gasteiger partial charge >= 0.3 is 0 Å². The molecule has 1 amide bonds. The summed E-state index contributed by atoms with van der Waals surface area (Å²) in [4.78, 5) is 16.5. The van der Waals surface area contributed by atoms with Crippen molar-refractivity contribution in [3.05, 3.63) is 72.8 Å². The first-order valence-corrected chi connectivity index (χ1v) is 10.1. The molecule has 2 aromatic heterocycles. The minimum Gasteiger partial charge on any atom is -0.355 e. The van der Waals surface area contributed by atoms with Crippen LogP contribution in [0.3, 0.4) is 0 Å². The summed E-state index contributed by atoms with van der Waals surface area (Å²) in [5.41, 5.74) is 1.87. The molecule has 1 aromatic carbocycles. The highest BCUT2D eigenvalue weighted by Gasteiger charge is 2.20. The van der Waals surface area contributed by atoms with Gasteiger partial charge in [-0.25, -0.2) is 4.39 Å². The van der Waals surface area contributed by atoms with Gasteiger partial charge < -0.3 is 5.32 Å². The van der Waals surface area contributed by atoms with Crippen molar-refractivity contribution >= 4 is 17.7 Å². The third-order valence-electron chi connectivity index (χ3n) is 4.24. The topological polar surface area (TPSA) is 72.7 Å². The second kappa shape index (κ2) is 9.97. The number of hydrogen-bond donors (Lipinski definition) is 1. The number of hydrogen-bond acceptors (Lipinski definition) is 5. The van der Waals surface area contributed by atoms with Crippen LogP contribution in [0.2, 0.25) is 0 Å². The quantitative estimate of drug-likeness (QED) is 0.431. The monoisotopic (exact) mass is 411 g/mol. The molecular formula is C21H22FN5OS. The lowest BCUT2D eigenvalue weighted by Crippen LogP contribution is -2.32. The number of benzene rings is 1. The predicted molar refractivity (Wildman–Crippen MR) is 112 cm³/mol. The summed E-state index contributed by atoms with van der Waals surface area (Å²) in [6.45, 7) is 6.65. The van der Waals surface area contributed by atoms with Crippen LogP contribution in [0.4, 0.5) is 4.39 Å². The Morgan fingerprint density at radius 2 is 1.97 bits per heavy atom. The van der Waals surface area contributed by atoms with Crippen molar-refractivity contribution < 1.29 is 9.18 Å². The van der Waals surface area contributed by atoms with E-state index in [1.165, 1.54) is 23.9 Å². The number of halogens is 1. The first-order valence-electron chi connectivity index (χ1n) is 9.21. The molecule has 0 radical (unpaired) electrons. The molecule has 0 aliphatic heterocycles. The van der Waals surface area contributed by atoms with Gasteiger partial charge in [0.1, 0.15) is 5.82 Å². The van der Waals surface area contributed by atoms with Crippen LogP contribution < -0.4 is 5.32 Å². The maximum atomic E-state index is 13.0. The van der Waals surface area contributed by atoms with Gasteiger partial charge in [0.05, 0.1) is 5.25 Å². The fourth-order valence-corrected chi connectivity index (χ4v) is 3.60. The number of nitrogens with zero attached hydrogens (tertiary/aromatic N) is 4. The summed E-state index contributed by atoms with van der Waals surface area (Å²) < 4.78 is 14.9. The van der Waals surface area contributed by atoms with Crippen LogP contribution in [-0.2, 0) is 17.8 Å². The number of thioether (sulfide) groups is 1. The van der Waals surface area contributed by atoms with Crippen molar-refractivity contribution in [2.24, 2.45) is 0 Å². The van der Waals surface area contributed by atoms with Crippen LogP contribution in [0.1, 0.15) is 12.5 Å². The predicted octanol–water partition coefficient (Wildman–Crippen LogP) is 3.50. The summed E-state index contributed by atoms with van der Waals surface area (Å²) in [6, 6.07) is 10.0. The molecule has 0 aliphatic rings. The molecule has 0 aliphatic carbocycles. The average molecular weight is 412 g/mol. The minimum absolute atomic E-state index is 0.0873. The molecule has 0 spiro atoms. The van der Waals surface area contributed by atoms with Crippen LogP contribution in [0.15, 0.2) is 66.6 Å². The number of nitrogens with one attached hydrogen (secondary N) is 1. The van der Waals surface area contributed by atoms with Crippen LogP contribution in [-0.4, -0.2) is 37.5 Å². The maximum Gasteiger partial charge on any atom is 0.233 e. The van der Waals surface area contributed by atoms with E-state index < -0.39 is 0 Å². The van der Waals surface area contributed by atoms with Crippen molar-refractivity contribution in [1.82, 2.24) is 25.1 Å². The molecule has 1 atom stereocenters. The Hall–Kier alpha value is -3.00. The lowest BCUT2D eigenvalue weighted by Gasteiger charge is -2.13. The van der Waals surface area contributed by atoms with Crippen LogP contribution in [0.5, 0.6) is 0 Å². The molecule has 0 saturated carbocycles. The fraction of sp³-hybridized carbons (Fsp3) is 0.238. The van der Waals surface area contributed by atoms with Crippen LogP contribution in [0, 0.1) is 5.82 Å². The highest BCUT2D eigenvalue weighted by atomic mass is 32.2. The van der Waals surface area contributed by atoms with E-state index in [-0.39, 0.29) is 17.0 Å². The standard InChI is InChI=1S/C21H22FN5OS/c1-3-14-27-19(17-9-11-23-12-10-17)25-26-21(27)29-15(2)20(28)24-13-8-16-4-6-18(22)7-5-16/h3-7,9-12,15H,1,8,13-14H2,2H3,(H,24,28)/t15-/m1/s1. The Morgan fingerprint density at radius 1 is 1.24 bits per heavy atom. The second-order valence-electron chi connectivity index (χ2n) is 6.37. The zero-order valence-electron chi connectivity index (χ0n) is 16.1. The highest BCUT2D eigenvalue weighted by molar-refractivity contribution is 8.00. The summed E-state index contributed by atoms with van der Waals surface area (Å²) in [5, 5.41) is 11.8. The number of carbonyl (C=O) groups excluding carboxylic acids is 1. The number of amides is 1. The Kier molecular flexibility index (Phi) is 7.13. The molecule has 8 heteroatoms. The summed E-state index contributed by atoms with van der Waals surface area (Å²) in [6.07, 6.45) is 5.81. The Balaban J connectivity index is 1.61. The van der Waals surface area contributed by atoms with Gasteiger partial charge in [-0.3, -0.25) is 14.3 Å². The summed E-state index contributed by atoms with van der Waals surface area (Å²) in [7, 11) is 0. The van der Waals surface area contributed by atoms with Crippen molar-refractivity contribution in [3.63, 3.8) is 0 Å². The van der Waals surface area contributed by atoms with E-state index in [4.69, 9.17) is 0 Å². The molecule has 0 unspecified atom stereocenters. The summed E-state index contributed by atoms with van der Waals surface area (Å²) in [5.74, 6) is 0.354. The molecule has 29 heavy (non-hydrogen) atoms. The molecule has 0 bridgehead atoms. The zero-order chi connectivity index (χ0) is 20.6. The number of carbonyl (C=O) groups is 1. The summed E-state index contributed by atoms with van der Waals surface area (Å²) >= 11 is 1.35. The molecule has 6 nitrogen and oxygen atoms in total. The van der Waals surface area contributed by atoms with E-state index in [0.717, 1.165) is 11.1 Å². The van der Waals surface area contributed by atoms with Gasteiger partial charge in [0.25, 0.3) is 0 Å². The van der Waals surface area contributed by atoms with E-state index in [2.05, 4.69) is 27.1 Å². The molecular weight excluding hydrogens is 389 g/mol. The van der Waals surface area contributed by atoms with Crippen molar-refractivity contribution in [2.75, 3.05) is 6.54 Å². The third-order valence-corrected chi connectivity index (χ3v) is 5.33. The molecule has 1 N–H and O–H groups in total. The highest BCUT2D eigenvalue weighted by Crippen LogP contribution is 2.26. The maximum absolute atomic E-state index is 13.0. The van der Waals surface area contributed by atoms with Crippen molar-refractivity contribution in [3.8, 4) is 11.4 Å². The molecule has 0 saturated heterocycles. The first-order chi connectivity index (χ1) is 14.1. The molecule has 2 heterocycles. The number of aromatic nitrogens is 4. The number of pyridine rings is 1. The molecule has 150 valence electrons. The Bertz CT molecular complexity index is 959. The van der Waals surface area contributed by atoms with Crippen LogP contribution >= 0.6 is 11.8 Å². The third kappa shape index (κ3) is 5.51. The lowest BCUT2D eigenvalue weighted by atomic mass is 10.1. The second-order valence-corrected chi connectivity index (χ2v) is 7.68. The Morgan fingerprint density at radius 3 is 2.66 bits per heavy atom. The smallest absolute Gasteiger partial charge is 0.233 e. The normalized spacial score (nSPS) is 11.8. The van der Waals surface area contributed by atoms with Gasteiger partial charge in [-0.15, -0.1) is 16.8 Å². The largest absolute Gasteiger partial charge is 0.355 e. The Labute approximate surface area is 173 Å². The van der Waals surface area contributed by atoms with E-state index in [9.17, 15) is 9.18 Å². The van der Waals surface area contributed by atoms with E-state index in [0.29, 0.717) is 30.5 Å². The van der Waals surface area contributed by atoms with E-state index in [1.54, 1.807) is 30.6 Å². The number of rotatable bonds is 9. The number of allylic oxidation sites excluding steroid dienone is 1. The first kappa shape index (κ1) is 20.7. The fourth-order valence-electron chi connectivity index (χ4n) is 2.72. The SMILES string of the molecule is C=CCn1c(S[C@H](C)C(=O)NCCc2ccc(F)cc2)nnc1-c1ccncc1. The van der Waals surface area contributed by atoms with E-state index in [1.807, 2.05) is 23.6 Å². The van der Waals surface area contributed by atoms with Crippen molar-refractivity contribution in [2.45, 2.75) is 30.3 Å². The average Bonchev–Trinajstić information content (AvgIpc) is 3.12. The van der Waals surface area contributed by atoms with Gasteiger partial charge in [-0.05, 0) is 43.2 Å². The minimum atomic E-state index is -0.346. The van der Waals surface area contributed by atoms with Crippen LogP contribution in [0.25, 0.3) is 11.4 Å². The van der Waals surface area contributed by atoms with Gasteiger partial charge in [0.2, 0.25) is 5.91 Å². The van der Waals surface area contributed by atoms with E-state index >= 15 is 0 Å². The van der Waals surface area contributed by atoms with Crippen molar-refractivity contribution in [1.29, 1.82) is 0 Å². The molecule has 3 rings (SSSR count). The molecule has 3 aromatic rings. The zero-order valence-corrected chi connectivity index (χ0v) is 16.9. The van der Waals surface area contributed by atoms with Gasteiger partial charge in [-0.1, -0.05) is 30.0 Å². The van der Waals surface area contributed by atoms with Gasteiger partial charge in [-0.2, -0.15) is 0 Å². The molecule has 0 fully saturated rings. The van der Waals surface area contributed by atoms with Gasteiger partial charge in [0.15, 0.2) is 11.0 Å².